The summed E-state index contributed by atoms with van der Waals surface area (Å²) in [5.74, 6) is -2.78. The highest BCUT2D eigenvalue weighted by Gasteiger charge is 2.29. The van der Waals surface area contributed by atoms with Crippen molar-refractivity contribution in [3.05, 3.63) is 51.4 Å². The van der Waals surface area contributed by atoms with Gasteiger partial charge in [-0.15, -0.1) is 0 Å². The summed E-state index contributed by atoms with van der Waals surface area (Å²) in [5, 5.41) is 5.56. The van der Waals surface area contributed by atoms with E-state index in [9.17, 15) is 21.6 Å². The van der Waals surface area contributed by atoms with Gasteiger partial charge in [0.2, 0.25) is 0 Å². The van der Waals surface area contributed by atoms with Gasteiger partial charge >= 0.3 is 10.2 Å². The van der Waals surface area contributed by atoms with Crippen molar-refractivity contribution in [1.29, 1.82) is 0 Å². The Kier molecular flexibility index (Phi) is 7.47. The molecule has 3 rings (SSSR count). The summed E-state index contributed by atoms with van der Waals surface area (Å²) in [6.07, 6.45) is 1.39. The lowest BCUT2D eigenvalue weighted by atomic mass is 9.98. The van der Waals surface area contributed by atoms with Crippen LogP contribution in [0.1, 0.15) is 12.8 Å². The molecule has 1 aliphatic heterocycles. The maximum Gasteiger partial charge on any atom is 0.301 e. The fraction of sp³-hybridized carbons (Fsp3) is 0.368. The number of hydrogen-bond acceptors (Lipinski definition) is 4. The van der Waals surface area contributed by atoms with E-state index in [2.05, 4.69) is 15.4 Å². The Morgan fingerprint density at radius 3 is 2.37 bits per heavy atom. The maximum atomic E-state index is 14.5. The molecule has 0 atom stereocenters. The van der Waals surface area contributed by atoms with Crippen LogP contribution < -0.4 is 15.4 Å². The predicted octanol–water partition coefficient (Wildman–Crippen LogP) is 4.04. The van der Waals surface area contributed by atoms with Crippen LogP contribution in [0.25, 0.3) is 0 Å². The van der Waals surface area contributed by atoms with Crippen LogP contribution >= 0.6 is 22.6 Å². The van der Waals surface area contributed by atoms with Gasteiger partial charge in [0.25, 0.3) is 0 Å². The zero-order chi connectivity index (χ0) is 21.9. The highest BCUT2D eigenvalue weighted by molar-refractivity contribution is 14.1. The number of anilines is 3. The zero-order valence-electron chi connectivity index (χ0n) is 16.2. The van der Waals surface area contributed by atoms with Crippen molar-refractivity contribution >= 4 is 49.9 Å². The lowest BCUT2D eigenvalue weighted by Crippen LogP contribution is -2.43. The second-order valence-electron chi connectivity index (χ2n) is 7.04. The molecule has 0 amide bonds. The fourth-order valence-corrected chi connectivity index (χ4v) is 5.05. The van der Waals surface area contributed by atoms with Crippen LogP contribution in [0, 0.1) is 26.9 Å². The van der Waals surface area contributed by atoms with Crippen LogP contribution in [0.5, 0.6) is 0 Å². The molecule has 164 valence electrons. The Bertz CT molecular complexity index is 1020. The third-order valence-electron chi connectivity index (χ3n) is 4.93. The van der Waals surface area contributed by atoms with Crippen LogP contribution in [0.3, 0.4) is 0 Å². The van der Waals surface area contributed by atoms with Gasteiger partial charge in [-0.25, -0.2) is 13.2 Å². The number of hydrogen-bond donors (Lipinski definition) is 3. The van der Waals surface area contributed by atoms with E-state index in [1.54, 1.807) is 6.07 Å². The van der Waals surface area contributed by atoms with E-state index in [1.807, 2.05) is 29.6 Å². The predicted molar refractivity (Wildman–Crippen MR) is 120 cm³/mol. The van der Waals surface area contributed by atoms with Gasteiger partial charge in [0.05, 0.1) is 11.4 Å². The first kappa shape index (κ1) is 23.1. The molecule has 2 aromatic rings. The molecule has 11 heteroatoms. The van der Waals surface area contributed by atoms with Gasteiger partial charge in [-0.1, -0.05) is 0 Å². The molecule has 1 fully saturated rings. The van der Waals surface area contributed by atoms with Gasteiger partial charge in [-0.2, -0.15) is 12.7 Å². The van der Waals surface area contributed by atoms with Crippen molar-refractivity contribution in [1.82, 2.24) is 9.62 Å². The minimum absolute atomic E-state index is 0.103. The molecule has 0 saturated carbocycles. The average Bonchev–Trinajstić information content (AvgIpc) is 2.70. The molecule has 3 N–H and O–H groups in total. The SMILES string of the molecule is CNCC1CCN(S(=O)(=O)Nc2ccc(F)c(F)c2Nc2ccc(I)cc2F)CC1. The number of benzene rings is 2. The average molecular weight is 554 g/mol. The van der Waals surface area contributed by atoms with Crippen LogP contribution in [0.15, 0.2) is 30.3 Å². The second kappa shape index (κ2) is 9.71. The highest BCUT2D eigenvalue weighted by atomic mass is 127. The molecule has 0 unspecified atom stereocenters. The van der Waals surface area contributed by atoms with Gasteiger partial charge in [0, 0.05) is 16.7 Å². The molecular weight excluding hydrogens is 532 g/mol. The Hall–Kier alpha value is -1.57. The molecular formula is C19H22F3IN4O2S. The summed E-state index contributed by atoms with van der Waals surface area (Å²) in [6.45, 7) is 1.44. The molecule has 0 aliphatic carbocycles. The molecule has 0 aromatic heterocycles. The largest absolute Gasteiger partial charge is 0.349 e. The summed E-state index contributed by atoms with van der Waals surface area (Å²) in [4.78, 5) is 0. The monoisotopic (exact) mass is 554 g/mol. The summed E-state index contributed by atoms with van der Waals surface area (Å²) in [6, 6.07) is 6.10. The maximum absolute atomic E-state index is 14.5. The Labute approximate surface area is 187 Å². The third-order valence-corrected chi connectivity index (χ3v) is 7.12. The van der Waals surface area contributed by atoms with Crippen LogP contribution in [-0.2, 0) is 10.2 Å². The van der Waals surface area contributed by atoms with Crippen molar-refractivity contribution in [2.24, 2.45) is 5.92 Å². The lowest BCUT2D eigenvalue weighted by Gasteiger charge is -2.31. The number of rotatable bonds is 7. The molecule has 0 radical (unpaired) electrons. The fourth-order valence-electron chi connectivity index (χ4n) is 3.33. The molecule has 0 spiro atoms. The smallest absolute Gasteiger partial charge is 0.301 e. The summed E-state index contributed by atoms with van der Waals surface area (Å²) >= 11 is 1.92. The van der Waals surface area contributed by atoms with Crippen molar-refractivity contribution in [2.45, 2.75) is 12.8 Å². The zero-order valence-corrected chi connectivity index (χ0v) is 19.2. The Morgan fingerprint density at radius 1 is 1.07 bits per heavy atom. The summed E-state index contributed by atoms with van der Waals surface area (Å²) in [5.41, 5.74) is -0.791. The molecule has 2 aromatic carbocycles. The van der Waals surface area contributed by atoms with E-state index in [1.165, 1.54) is 16.4 Å². The van der Waals surface area contributed by atoms with E-state index < -0.39 is 33.3 Å². The molecule has 6 nitrogen and oxygen atoms in total. The van der Waals surface area contributed by atoms with Crippen molar-refractivity contribution in [3.8, 4) is 0 Å². The van der Waals surface area contributed by atoms with Gasteiger partial charge in [-0.05, 0) is 85.3 Å². The van der Waals surface area contributed by atoms with E-state index >= 15 is 0 Å². The standard InChI is InChI=1S/C19H22F3IN4O2S/c1-24-11-12-6-8-27(9-7-12)30(28,29)26-17-5-3-14(20)18(22)19(17)25-16-4-2-13(23)10-15(16)21/h2-5,10,12,24-26H,6-9,11H2,1H3. The topological polar surface area (TPSA) is 73.5 Å². The first-order valence-electron chi connectivity index (χ1n) is 9.34. The van der Waals surface area contributed by atoms with E-state index in [0.717, 1.165) is 18.7 Å². The Morgan fingerprint density at radius 2 is 1.73 bits per heavy atom. The molecule has 0 bridgehead atoms. The van der Waals surface area contributed by atoms with E-state index in [0.29, 0.717) is 35.4 Å². The lowest BCUT2D eigenvalue weighted by molar-refractivity contribution is 0.272. The summed E-state index contributed by atoms with van der Waals surface area (Å²) < 4.78 is 72.3. The first-order valence-corrected chi connectivity index (χ1v) is 11.9. The number of nitrogens with zero attached hydrogens (tertiary/aromatic N) is 1. The van der Waals surface area contributed by atoms with Gasteiger partial charge in [-0.3, -0.25) is 4.72 Å². The van der Waals surface area contributed by atoms with Gasteiger partial charge < -0.3 is 10.6 Å². The normalized spacial score (nSPS) is 15.9. The van der Waals surface area contributed by atoms with Crippen LogP contribution in [0.4, 0.5) is 30.2 Å². The minimum Gasteiger partial charge on any atom is -0.349 e. The minimum atomic E-state index is -4.00. The van der Waals surface area contributed by atoms with E-state index in [-0.39, 0.29) is 11.4 Å². The van der Waals surface area contributed by atoms with E-state index in [4.69, 9.17) is 0 Å². The third kappa shape index (κ3) is 5.37. The molecule has 30 heavy (non-hydrogen) atoms. The highest BCUT2D eigenvalue weighted by Crippen LogP contribution is 2.33. The number of halogens is 4. The van der Waals surface area contributed by atoms with Crippen LogP contribution in [-0.4, -0.2) is 39.4 Å². The van der Waals surface area contributed by atoms with Crippen molar-refractivity contribution < 1.29 is 21.6 Å². The quantitative estimate of drug-likeness (QED) is 0.452. The first-order chi connectivity index (χ1) is 14.2. The van der Waals surface area contributed by atoms with Crippen molar-refractivity contribution in [2.75, 3.05) is 36.7 Å². The Balaban J connectivity index is 1.84. The molecule has 1 aliphatic rings. The van der Waals surface area contributed by atoms with Crippen molar-refractivity contribution in [3.63, 3.8) is 0 Å². The second-order valence-corrected chi connectivity index (χ2v) is 9.96. The molecule has 1 heterocycles. The van der Waals surface area contributed by atoms with Gasteiger partial charge in [0.1, 0.15) is 11.5 Å². The number of piperidine rings is 1. The van der Waals surface area contributed by atoms with Gasteiger partial charge in [0.15, 0.2) is 11.6 Å². The number of nitrogens with one attached hydrogen (secondary N) is 3. The van der Waals surface area contributed by atoms with Crippen LogP contribution in [0.2, 0.25) is 0 Å². The molecule has 1 saturated heterocycles. The summed E-state index contributed by atoms with van der Waals surface area (Å²) in [7, 11) is -2.15.